The standard InChI is InChI=1S/C5H6N2O.H2O/c8-5-7-3-1-2-6-4-7;/h1-3,5H,4H2;1H2. The summed E-state index contributed by atoms with van der Waals surface area (Å²) < 4.78 is 0. The van der Waals surface area contributed by atoms with Crippen LogP contribution < -0.4 is 0 Å². The minimum Gasteiger partial charge on any atom is -0.412 e. The Bertz CT molecular complexity index is 142. The summed E-state index contributed by atoms with van der Waals surface area (Å²) in [6, 6.07) is 0. The molecule has 0 bridgehead atoms. The van der Waals surface area contributed by atoms with Gasteiger partial charge in [0.2, 0.25) is 6.41 Å². The smallest absolute Gasteiger partial charge is 0.215 e. The Hall–Kier alpha value is -1.16. The molecule has 0 radical (unpaired) electrons. The lowest BCUT2D eigenvalue weighted by molar-refractivity contribution is -0.115. The van der Waals surface area contributed by atoms with Gasteiger partial charge >= 0.3 is 0 Å². The maximum absolute atomic E-state index is 9.96. The maximum atomic E-state index is 9.96. The van der Waals surface area contributed by atoms with Gasteiger partial charge in [-0.3, -0.25) is 9.79 Å². The molecule has 0 saturated heterocycles. The highest BCUT2D eigenvalue weighted by Crippen LogP contribution is 1.88. The number of hydrogen-bond acceptors (Lipinski definition) is 2. The normalized spacial score (nSPS) is 14.9. The van der Waals surface area contributed by atoms with Crippen LogP contribution in [0.25, 0.3) is 0 Å². The first-order valence-electron chi connectivity index (χ1n) is 2.31. The van der Waals surface area contributed by atoms with Crippen molar-refractivity contribution in [1.82, 2.24) is 4.90 Å². The lowest BCUT2D eigenvalue weighted by Gasteiger charge is -2.09. The average molecular weight is 128 g/mol. The van der Waals surface area contributed by atoms with Crippen molar-refractivity contribution in [3.63, 3.8) is 0 Å². The van der Waals surface area contributed by atoms with Crippen molar-refractivity contribution in [2.24, 2.45) is 4.99 Å². The summed E-state index contributed by atoms with van der Waals surface area (Å²) in [5.41, 5.74) is 0. The first-order valence-corrected chi connectivity index (χ1v) is 2.31. The Balaban J connectivity index is 0.000000640. The van der Waals surface area contributed by atoms with Gasteiger partial charge in [0.1, 0.15) is 6.67 Å². The number of allylic oxidation sites excluding steroid dienone is 1. The van der Waals surface area contributed by atoms with Gasteiger partial charge in [-0.1, -0.05) is 0 Å². The fourth-order valence-corrected chi connectivity index (χ4v) is 0.467. The van der Waals surface area contributed by atoms with Gasteiger partial charge in [-0.25, -0.2) is 0 Å². The molecule has 1 aliphatic heterocycles. The van der Waals surface area contributed by atoms with E-state index < -0.39 is 0 Å². The molecule has 50 valence electrons. The number of carbonyl (C=O) groups is 1. The van der Waals surface area contributed by atoms with Gasteiger partial charge in [-0.15, -0.1) is 0 Å². The summed E-state index contributed by atoms with van der Waals surface area (Å²) in [5, 5.41) is 0. The number of nitrogens with zero attached hydrogens (tertiary/aromatic N) is 2. The van der Waals surface area contributed by atoms with Crippen LogP contribution in [0.2, 0.25) is 0 Å². The molecule has 0 spiro atoms. The molecule has 0 atom stereocenters. The van der Waals surface area contributed by atoms with E-state index in [1.807, 2.05) is 0 Å². The third kappa shape index (κ3) is 2.05. The van der Waals surface area contributed by atoms with Gasteiger partial charge in [0.25, 0.3) is 0 Å². The Labute approximate surface area is 52.8 Å². The van der Waals surface area contributed by atoms with E-state index in [-0.39, 0.29) is 5.48 Å². The lowest BCUT2D eigenvalue weighted by Crippen LogP contribution is -2.16. The van der Waals surface area contributed by atoms with Crippen molar-refractivity contribution < 1.29 is 10.3 Å². The Morgan fingerprint density at radius 1 is 1.67 bits per heavy atom. The van der Waals surface area contributed by atoms with E-state index in [0.29, 0.717) is 6.67 Å². The van der Waals surface area contributed by atoms with Crippen LogP contribution in [0.15, 0.2) is 17.3 Å². The van der Waals surface area contributed by atoms with Crippen molar-refractivity contribution in [3.8, 4) is 0 Å². The number of hydrogen-bond donors (Lipinski definition) is 0. The van der Waals surface area contributed by atoms with Gasteiger partial charge in [0.15, 0.2) is 0 Å². The third-order valence-electron chi connectivity index (χ3n) is 0.849. The van der Waals surface area contributed by atoms with Gasteiger partial charge in [0, 0.05) is 12.4 Å². The molecule has 0 aromatic rings. The summed E-state index contributed by atoms with van der Waals surface area (Å²) in [6.07, 6.45) is 5.81. The van der Waals surface area contributed by atoms with Crippen molar-refractivity contribution in [3.05, 3.63) is 12.3 Å². The number of aliphatic imine (C=N–C) groups is 1. The molecule has 1 aliphatic rings. The molecule has 0 aromatic carbocycles. The molecule has 0 aliphatic carbocycles. The van der Waals surface area contributed by atoms with E-state index >= 15 is 0 Å². The SMILES string of the molecule is O.O=CN1C=CC=NC1. The van der Waals surface area contributed by atoms with E-state index in [4.69, 9.17) is 0 Å². The highest BCUT2D eigenvalue weighted by molar-refractivity contribution is 5.72. The highest BCUT2D eigenvalue weighted by Gasteiger charge is 1.93. The van der Waals surface area contributed by atoms with Gasteiger partial charge in [-0.2, -0.15) is 0 Å². The molecular formula is C5H8N2O2. The maximum Gasteiger partial charge on any atom is 0.215 e. The largest absolute Gasteiger partial charge is 0.412 e. The van der Waals surface area contributed by atoms with Crippen LogP contribution in [0, 0.1) is 0 Å². The van der Waals surface area contributed by atoms with Crippen molar-refractivity contribution in [2.75, 3.05) is 6.67 Å². The predicted molar refractivity (Wildman–Crippen MR) is 34.0 cm³/mol. The van der Waals surface area contributed by atoms with E-state index in [1.165, 1.54) is 4.90 Å². The first-order chi connectivity index (χ1) is 3.93. The third-order valence-corrected chi connectivity index (χ3v) is 0.849. The molecule has 1 heterocycles. The second-order valence-corrected chi connectivity index (χ2v) is 1.43. The zero-order valence-corrected chi connectivity index (χ0v) is 4.82. The van der Waals surface area contributed by atoms with Gasteiger partial charge in [0.05, 0.1) is 0 Å². The highest BCUT2D eigenvalue weighted by atomic mass is 16.1. The molecule has 4 nitrogen and oxygen atoms in total. The summed E-state index contributed by atoms with van der Waals surface area (Å²) >= 11 is 0. The molecule has 1 amide bonds. The monoisotopic (exact) mass is 128 g/mol. The molecule has 0 unspecified atom stereocenters. The van der Waals surface area contributed by atoms with Crippen LogP contribution in [-0.4, -0.2) is 29.7 Å². The van der Waals surface area contributed by atoms with Crippen LogP contribution in [0.3, 0.4) is 0 Å². The van der Waals surface area contributed by atoms with Crippen molar-refractivity contribution in [1.29, 1.82) is 0 Å². The molecule has 0 fully saturated rings. The first kappa shape index (κ1) is 7.84. The second-order valence-electron chi connectivity index (χ2n) is 1.43. The van der Waals surface area contributed by atoms with Crippen LogP contribution >= 0.6 is 0 Å². The molecular weight excluding hydrogens is 120 g/mol. The molecule has 0 aromatic heterocycles. The Morgan fingerprint density at radius 3 is 2.78 bits per heavy atom. The van der Waals surface area contributed by atoms with E-state index in [1.54, 1.807) is 18.5 Å². The topological polar surface area (TPSA) is 64.2 Å². The fourth-order valence-electron chi connectivity index (χ4n) is 0.467. The average Bonchev–Trinajstić information content (AvgIpc) is 1.90. The minimum absolute atomic E-state index is 0. The summed E-state index contributed by atoms with van der Waals surface area (Å²) in [6.45, 7) is 0.458. The van der Waals surface area contributed by atoms with Gasteiger partial charge in [-0.05, 0) is 6.08 Å². The van der Waals surface area contributed by atoms with Crippen molar-refractivity contribution in [2.45, 2.75) is 0 Å². The number of carbonyl (C=O) groups excluding carboxylic acids is 1. The summed E-state index contributed by atoms with van der Waals surface area (Å²) in [5.74, 6) is 0. The minimum atomic E-state index is 0. The number of rotatable bonds is 1. The zero-order valence-electron chi connectivity index (χ0n) is 4.82. The van der Waals surface area contributed by atoms with Crippen LogP contribution in [0.4, 0.5) is 0 Å². The zero-order chi connectivity index (χ0) is 5.82. The molecule has 0 saturated carbocycles. The summed E-state index contributed by atoms with van der Waals surface area (Å²) in [7, 11) is 0. The molecule has 2 N–H and O–H groups in total. The summed E-state index contributed by atoms with van der Waals surface area (Å²) in [4.78, 5) is 15.2. The van der Waals surface area contributed by atoms with Crippen LogP contribution in [0.5, 0.6) is 0 Å². The van der Waals surface area contributed by atoms with E-state index in [2.05, 4.69) is 4.99 Å². The van der Waals surface area contributed by atoms with Crippen LogP contribution in [0.1, 0.15) is 0 Å². The van der Waals surface area contributed by atoms with Crippen molar-refractivity contribution >= 4 is 12.6 Å². The van der Waals surface area contributed by atoms with E-state index in [9.17, 15) is 4.79 Å². The van der Waals surface area contributed by atoms with Crippen LogP contribution in [-0.2, 0) is 4.79 Å². The molecule has 1 rings (SSSR count). The lowest BCUT2D eigenvalue weighted by atomic mass is 10.6. The Kier molecular flexibility index (Phi) is 3.31. The van der Waals surface area contributed by atoms with E-state index in [0.717, 1.165) is 6.41 Å². The Morgan fingerprint density at radius 2 is 2.44 bits per heavy atom. The quantitative estimate of drug-likeness (QED) is 0.425. The fraction of sp³-hybridized carbons (Fsp3) is 0.200. The van der Waals surface area contributed by atoms with Gasteiger partial charge < -0.3 is 10.4 Å². The number of amides is 1. The molecule has 9 heavy (non-hydrogen) atoms. The molecule has 4 heteroatoms. The predicted octanol–water partition coefficient (Wildman–Crippen LogP) is -0.824. The second kappa shape index (κ2) is 3.80.